The Morgan fingerprint density at radius 1 is 1.10 bits per heavy atom. The van der Waals surface area contributed by atoms with Gasteiger partial charge in [-0.2, -0.15) is 0 Å². The lowest BCUT2D eigenvalue weighted by Gasteiger charge is -2.18. The predicted octanol–water partition coefficient (Wildman–Crippen LogP) is 4.29. The number of fused-ring (bicyclic) bond motifs is 1. The second-order valence-electron chi connectivity index (χ2n) is 4.87. The van der Waals surface area contributed by atoms with Crippen LogP contribution in [0.15, 0.2) is 54.6 Å². The number of halogens is 1. The van der Waals surface area contributed by atoms with Gasteiger partial charge < -0.3 is 5.11 Å². The Labute approximate surface area is 122 Å². The minimum absolute atomic E-state index is 0.550. The van der Waals surface area contributed by atoms with Gasteiger partial charge in [0, 0.05) is 5.02 Å². The maximum absolute atomic E-state index is 11.3. The molecule has 0 radical (unpaired) electrons. The van der Waals surface area contributed by atoms with E-state index in [0.717, 1.165) is 28.7 Å². The van der Waals surface area contributed by atoms with Gasteiger partial charge in [0.15, 0.2) is 0 Å². The first-order valence-corrected chi connectivity index (χ1v) is 6.81. The van der Waals surface area contributed by atoms with Gasteiger partial charge >= 0.3 is 5.97 Å². The molecule has 3 heteroatoms. The summed E-state index contributed by atoms with van der Waals surface area (Å²) in [6.07, 6.45) is 4.47. The maximum atomic E-state index is 11.3. The Kier molecular flexibility index (Phi) is 3.33. The van der Waals surface area contributed by atoms with Crippen LogP contribution in [0.2, 0.25) is 5.02 Å². The minimum atomic E-state index is -0.810. The molecule has 1 aliphatic carbocycles. The number of hydrogen-bond donors (Lipinski definition) is 1. The molecule has 0 amide bonds. The lowest BCUT2D eigenvalue weighted by Crippen LogP contribution is -2.14. The zero-order valence-electron chi connectivity index (χ0n) is 10.7. The Morgan fingerprint density at radius 3 is 2.50 bits per heavy atom. The smallest absolute Gasteiger partial charge is 0.314 e. The van der Waals surface area contributed by atoms with Gasteiger partial charge in [-0.15, -0.1) is 0 Å². The van der Waals surface area contributed by atoms with Crippen molar-refractivity contribution in [3.63, 3.8) is 0 Å². The number of carboxylic acid groups (broad SMARTS) is 1. The predicted molar refractivity (Wildman–Crippen MR) is 80.1 cm³/mol. The average Bonchev–Trinajstić information content (AvgIpc) is 2.46. The van der Waals surface area contributed by atoms with Crippen LogP contribution >= 0.6 is 11.6 Å². The van der Waals surface area contributed by atoms with Crippen molar-refractivity contribution in [1.29, 1.82) is 0 Å². The van der Waals surface area contributed by atoms with Gasteiger partial charge in [-0.3, -0.25) is 4.79 Å². The van der Waals surface area contributed by atoms with E-state index in [9.17, 15) is 9.90 Å². The fourth-order valence-corrected chi connectivity index (χ4v) is 2.67. The molecule has 0 aromatic heterocycles. The molecule has 100 valence electrons. The molecule has 1 N–H and O–H groups in total. The standard InChI is InChI=1S/C17H13ClO2/c18-14-8-6-11(7-9-14)13-5-4-12-2-1-3-15(17(19)20)16(12)10-13/h1,3-10,15H,2H2,(H,19,20)/t15-/m1/s1. The summed E-state index contributed by atoms with van der Waals surface area (Å²) in [7, 11) is 0. The molecule has 0 fully saturated rings. The summed E-state index contributed by atoms with van der Waals surface area (Å²) in [6.45, 7) is 0. The highest BCUT2D eigenvalue weighted by Crippen LogP contribution is 2.31. The normalized spacial score (nSPS) is 16.8. The summed E-state index contributed by atoms with van der Waals surface area (Å²) in [5.41, 5.74) is 4.02. The lowest BCUT2D eigenvalue weighted by molar-refractivity contribution is -0.137. The van der Waals surface area contributed by atoms with E-state index in [1.54, 1.807) is 6.08 Å². The molecule has 3 rings (SSSR count). The van der Waals surface area contributed by atoms with Crippen LogP contribution in [0.4, 0.5) is 0 Å². The number of rotatable bonds is 2. The van der Waals surface area contributed by atoms with Gasteiger partial charge in [-0.25, -0.2) is 0 Å². The first-order chi connectivity index (χ1) is 9.65. The Balaban J connectivity index is 2.06. The van der Waals surface area contributed by atoms with Crippen molar-refractivity contribution in [3.8, 4) is 11.1 Å². The van der Waals surface area contributed by atoms with Crippen molar-refractivity contribution in [2.75, 3.05) is 0 Å². The van der Waals surface area contributed by atoms with Gasteiger partial charge in [0.1, 0.15) is 5.92 Å². The van der Waals surface area contributed by atoms with E-state index in [1.165, 1.54) is 0 Å². The topological polar surface area (TPSA) is 37.3 Å². The largest absolute Gasteiger partial charge is 0.481 e. The third-order valence-electron chi connectivity index (χ3n) is 3.59. The zero-order valence-corrected chi connectivity index (χ0v) is 11.5. The summed E-state index contributed by atoms with van der Waals surface area (Å²) < 4.78 is 0. The SMILES string of the molecule is O=C(O)[C@@H]1C=CCc2ccc(-c3ccc(Cl)cc3)cc21. The number of benzene rings is 2. The molecule has 1 aliphatic rings. The molecule has 2 nitrogen and oxygen atoms in total. The van der Waals surface area contributed by atoms with Crippen molar-refractivity contribution in [2.45, 2.75) is 12.3 Å². The minimum Gasteiger partial charge on any atom is -0.481 e. The lowest BCUT2D eigenvalue weighted by atomic mass is 9.86. The maximum Gasteiger partial charge on any atom is 0.314 e. The highest BCUT2D eigenvalue weighted by atomic mass is 35.5. The molecule has 0 heterocycles. The van der Waals surface area contributed by atoms with E-state index >= 15 is 0 Å². The van der Waals surface area contributed by atoms with E-state index in [-0.39, 0.29) is 0 Å². The van der Waals surface area contributed by atoms with E-state index in [2.05, 4.69) is 0 Å². The molecule has 0 aliphatic heterocycles. The van der Waals surface area contributed by atoms with Gasteiger partial charge in [-0.05, 0) is 46.9 Å². The molecule has 1 atom stereocenters. The van der Waals surface area contributed by atoms with Crippen molar-refractivity contribution < 1.29 is 9.90 Å². The molecule has 0 saturated heterocycles. The average molecular weight is 285 g/mol. The van der Waals surface area contributed by atoms with Crippen molar-refractivity contribution in [3.05, 3.63) is 70.8 Å². The van der Waals surface area contributed by atoms with E-state index < -0.39 is 11.9 Å². The van der Waals surface area contributed by atoms with Crippen LogP contribution in [-0.4, -0.2) is 11.1 Å². The molecule has 0 saturated carbocycles. The zero-order chi connectivity index (χ0) is 14.1. The number of carboxylic acids is 1. The number of allylic oxidation sites excluding steroid dienone is 1. The van der Waals surface area contributed by atoms with Crippen LogP contribution in [0.1, 0.15) is 17.0 Å². The van der Waals surface area contributed by atoms with Gasteiger partial charge in [-0.1, -0.05) is 48.0 Å². The van der Waals surface area contributed by atoms with Crippen molar-refractivity contribution in [1.82, 2.24) is 0 Å². The molecule has 0 spiro atoms. The van der Waals surface area contributed by atoms with Gasteiger partial charge in [0.25, 0.3) is 0 Å². The third-order valence-corrected chi connectivity index (χ3v) is 3.84. The molecule has 0 unspecified atom stereocenters. The number of aliphatic carboxylic acids is 1. The van der Waals surface area contributed by atoms with E-state index in [1.807, 2.05) is 48.5 Å². The Morgan fingerprint density at radius 2 is 1.80 bits per heavy atom. The molecular formula is C17H13ClO2. The number of carbonyl (C=O) groups is 1. The van der Waals surface area contributed by atoms with Gasteiger partial charge in [0.2, 0.25) is 0 Å². The monoisotopic (exact) mass is 284 g/mol. The number of hydrogen-bond acceptors (Lipinski definition) is 1. The second kappa shape index (κ2) is 5.14. The van der Waals surface area contributed by atoms with Crippen LogP contribution in [-0.2, 0) is 11.2 Å². The van der Waals surface area contributed by atoms with Crippen LogP contribution < -0.4 is 0 Å². The highest BCUT2D eigenvalue weighted by Gasteiger charge is 2.22. The molecule has 2 aromatic rings. The van der Waals surface area contributed by atoms with Crippen LogP contribution in [0, 0.1) is 0 Å². The fraction of sp³-hybridized carbons (Fsp3) is 0.118. The summed E-state index contributed by atoms with van der Waals surface area (Å²) >= 11 is 5.89. The summed E-state index contributed by atoms with van der Waals surface area (Å²) in [5, 5.41) is 10.0. The van der Waals surface area contributed by atoms with Crippen LogP contribution in [0.5, 0.6) is 0 Å². The van der Waals surface area contributed by atoms with Crippen molar-refractivity contribution in [2.24, 2.45) is 0 Å². The first kappa shape index (κ1) is 12.9. The summed E-state index contributed by atoms with van der Waals surface area (Å²) in [5.74, 6) is -1.36. The van der Waals surface area contributed by atoms with E-state index in [0.29, 0.717) is 5.02 Å². The summed E-state index contributed by atoms with van der Waals surface area (Å²) in [6, 6.07) is 13.6. The second-order valence-corrected chi connectivity index (χ2v) is 5.31. The summed E-state index contributed by atoms with van der Waals surface area (Å²) in [4.78, 5) is 11.3. The fourth-order valence-electron chi connectivity index (χ4n) is 2.54. The quantitative estimate of drug-likeness (QED) is 0.836. The Bertz CT molecular complexity index is 687. The van der Waals surface area contributed by atoms with Crippen LogP contribution in [0.25, 0.3) is 11.1 Å². The first-order valence-electron chi connectivity index (χ1n) is 6.43. The van der Waals surface area contributed by atoms with Gasteiger partial charge in [0.05, 0.1) is 0 Å². The molecule has 2 aromatic carbocycles. The Hall–Kier alpha value is -2.06. The van der Waals surface area contributed by atoms with Crippen LogP contribution in [0.3, 0.4) is 0 Å². The highest BCUT2D eigenvalue weighted by molar-refractivity contribution is 6.30. The third kappa shape index (κ3) is 2.35. The molecule has 0 bridgehead atoms. The molecular weight excluding hydrogens is 272 g/mol. The van der Waals surface area contributed by atoms with Crippen molar-refractivity contribution >= 4 is 17.6 Å². The molecule has 20 heavy (non-hydrogen) atoms. The van der Waals surface area contributed by atoms with E-state index in [4.69, 9.17) is 11.6 Å².